The van der Waals surface area contributed by atoms with E-state index < -0.39 is 0 Å². The highest BCUT2D eigenvalue weighted by molar-refractivity contribution is 7.19. The molecule has 2 aromatic heterocycles. The average molecular weight is 513 g/mol. The number of anilines is 1. The molecule has 35 heavy (non-hydrogen) atoms. The van der Waals surface area contributed by atoms with Gasteiger partial charge in [-0.3, -0.25) is 4.79 Å². The van der Waals surface area contributed by atoms with E-state index in [4.69, 9.17) is 26.3 Å². The minimum atomic E-state index is 0.0112. The first-order chi connectivity index (χ1) is 17.0. The minimum Gasteiger partial charge on any atom is -0.484 e. The van der Waals surface area contributed by atoms with Gasteiger partial charge in [-0.15, -0.1) is 11.3 Å². The smallest absolute Gasteiger partial charge is 0.260 e. The molecule has 1 amide bonds. The summed E-state index contributed by atoms with van der Waals surface area (Å²) in [5.74, 6) is 3.01. The van der Waals surface area contributed by atoms with Crippen LogP contribution in [0.25, 0.3) is 10.2 Å². The molecule has 1 saturated heterocycles. The van der Waals surface area contributed by atoms with Crippen LogP contribution in [0.15, 0.2) is 24.3 Å². The van der Waals surface area contributed by atoms with Gasteiger partial charge in [0, 0.05) is 42.0 Å². The number of amides is 1. The number of aryl methyl sites for hydroxylation is 2. The molecule has 186 valence electrons. The maximum Gasteiger partial charge on any atom is 0.260 e. The number of nitrogens with zero attached hydrogens (tertiary/aromatic N) is 4. The van der Waals surface area contributed by atoms with Crippen molar-refractivity contribution < 1.29 is 9.53 Å². The van der Waals surface area contributed by atoms with E-state index in [2.05, 4.69) is 18.7 Å². The number of hydrogen-bond donors (Lipinski definition) is 0. The molecular formula is C27H33ClN4O2S. The van der Waals surface area contributed by atoms with Gasteiger partial charge in [0.05, 0.1) is 5.39 Å². The van der Waals surface area contributed by atoms with Gasteiger partial charge in [0.2, 0.25) is 0 Å². The number of carbonyl (C=O) groups excluding carboxylic acids is 1. The lowest BCUT2D eigenvalue weighted by Gasteiger charge is -2.36. The van der Waals surface area contributed by atoms with Crippen molar-refractivity contribution in [1.82, 2.24) is 14.9 Å². The van der Waals surface area contributed by atoms with Crippen molar-refractivity contribution in [2.75, 3.05) is 37.7 Å². The van der Waals surface area contributed by atoms with Crippen molar-refractivity contribution in [2.45, 2.75) is 58.3 Å². The second-order valence-corrected chi connectivity index (χ2v) is 11.1. The molecule has 5 rings (SSSR count). The van der Waals surface area contributed by atoms with E-state index in [9.17, 15) is 4.79 Å². The Morgan fingerprint density at radius 2 is 1.83 bits per heavy atom. The van der Waals surface area contributed by atoms with Crippen LogP contribution >= 0.6 is 22.9 Å². The number of benzene rings is 1. The summed E-state index contributed by atoms with van der Waals surface area (Å²) < 4.78 is 5.68. The number of ether oxygens (including phenoxy) is 1. The first-order valence-corrected chi connectivity index (χ1v) is 14.0. The second kappa shape index (κ2) is 10.7. The SMILES string of the molecule is CC[C@@H](C)c1nc(N2CCN(C(=O)COc3ccc(Cl)cc3)CC2)c2c3c(sc2n1)CCCCC3. The number of rotatable bonds is 6. The molecule has 1 aromatic carbocycles. The number of halogens is 1. The largest absolute Gasteiger partial charge is 0.484 e. The van der Waals surface area contributed by atoms with Gasteiger partial charge in [-0.2, -0.15) is 0 Å². The molecule has 0 bridgehead atoms. The predicted molar refractivity (Wildman–Crippen MR) is 143 cm³/mol. The first kappa shape index (κ1) is 24.3. The van der Waals surface area contributed by atoms with Crippen LogP contribution in [0, 0.1) is 0 Å². The van der Waals surface area contributed by atoms with E-state index in [1.807, 2.05) is 16.2 Å². The summed E-state index contributed by atoms with van der Waals surface area (Å²) in [6, 6.07) is 7.10. The van der Waals surface area contributed by atoms with E-state index in [0.717, 1.165) is 48.8 Å². The quantitative estimate of drug-likeness (QED) is 0.387. The Hall–Kier alpha value is -2.38. The van der Waals surface area contributed by atoms with Crippen molar-refractivity contribution in [3.05, 3.63) is 45.6 Å². The number of fused-ring (bicyclic) bond motifs is 3. The van der Waals surface area contributed by atoms with Crippen molar-refractivity contribution in [3.63, 3.8) is 0 Å². The third-order valence-corrected chi connectivity index (χ3v) is 8.66. The van der Waals surface area contributed by atoms with Gasteiger partial charge in [-0.25, -0.2) is 9.97 Å². The highest BCUT2D eigenvalue weighted by Crippen LogP contribution is 2.40. The van der Waals surface area contributed by atoms with Gasteiger partial charge in [0.25, 0.3) is 5.91 Å². The summed E-state index contributed by atoms with van der Waals surface area (Å²) >= 11 is 7.80. The molecule has 0 N–H and O–H groups in total. The lowest BCUT2D eigenvalue weighted by molar-refractivity contribution is -0.133. The van der Waals surface area contributed by atoms with Crippen LogP contribution in [0.5, 0.6) is 5.75 Å². The summed E-state index contributed by atoms with van der Waals surface area (Å²) in [4.78, 5) is 29.9. The fourth-order valence-corrected chi connectivity index (χ4v) is 6.29. The van der Waals surface area contributed by atoms with Crippen LogP contribution in [-0.4, -0.2) is 53.6 Å². The van der Waals surface area contributed by atoms with E-state index in [-0.39, 0.29) is 12.5 Å². The van der Waals surface area contributed by atoms with E-state index in [1.54, 1.807) is 24.3 Å². The Kier molecular flexibility index (Phi) is 7.44. The fraction of sp³-hybridized carbons (Fsp3) is 0.519. The van der Waals surface area contributed by atoms with E-state index in [0.29, 0.717) is 29.8 Å². The topological polar surface area (TPSA) is 58.6 Å². The van der Waals surface area contributed by atoms with Crippen LogP contribution in [0.3, 0.4) is 0 Å². The van der Waals surface area contributed by atoms with Crippen LogP contribution < -0.4 is 9.64 Å². The van der Waals surface area contributed by atoms with E-state index in [1.165, 1.54) is 35.1 Å². The number of thiophene rings is 1. The van der Waals surface area contributed by atoms with Gasteiger partial charge >= 0.3 is 0 Å². The fourth-order valence-electron chi connectivity index (χ4n) is 4.90. The third kappa shape index (κ3) is 5.26. The molecule has 1 atom stereocenters. The number of hydrogen-bond acceptors (Lipinski definition) is 6. The summed E-state index contributed by atoms with van der Waals surface area (Å²) in [5, 5.41) is 1.92. The van der Waals surface area contributed by atoms with Gasteiger partial charge in [-0.1, -0.05) is 31.9 Å². The Morgan fingerprint density at radius 1 is 1.09 bits per heavy atom. The average Bonchev–Trinajstić information content (AvgIpc) is 3.07. The Morgan fingerprint density at radius 3 is 2.57 bits per heavy atom. The monoisotopic (exact) mass is 512 g/mol. The highest BCUT2D eigenvalue weighted by atomic mass is 35.5. The molecule has 3 heterocycles. The maximum absolute atomic E-state index is 12.8. The molecule has 1 aliphatic heterocycles. The number of carbonyl (C=O) groups is 1. The van der Waals surface area contributed by atoms with Gasteiger partial charge in [0.15, 0.2) is 6.61 Å². The zero-order valence-electron chi connectivity index (χ0n) is 20.6. The molecule has 0 radical (unpaired) electrons. The molecule has 0 spiro atoms. The zero-order chi connectivity index (χ0) is 24.4. The summed E-state index contributed by atoms with van der Waals surface area (Å²) in [6.45, 7) is 7.31. The summed E-state index contributed by atoms with van der Waals surface area (Å²) in [5.41, 5.74) is 1.48. The third-order valence-electron chi connectivity index (χ3n) is 7.22. The highest BCUT2D eigenvalue weighted by Gasteiger charge is 2.28. The van der Waals surface area contributed by atoms with Crippen LogP contribution in [-0.2, 0) is 17.6 Å². The van der Waals surface area contributed by atoms with Gasteiger partial charge in [0.1, 0.15) is 22.2 Å². The molecule has 2 aliphatic rings. The Bertz CT molecular complexity index is 1190. The minimum absolute atomic E-state index is 0.0112. The molecule has 3 aromatic rings. The summed E-state index contributed by atoms with van der Waals surface area (Å²) in [6.07, 6.45) is 7.09. The van der Waals surface area contributed by atoms with Crippen LogP contribution in [0.4, 0.5) is 5.82 Å². The lowest BCUT2D eigenvalue weighted by atomic mass is 10.1. The zero-order valence-corrected chi connectivity index (χ0v) is 22.1. The molecule has 6 nitrogen and oxygen atoms in total. The van der Waals surface area contributed by atoms with Gasteiger partial charge in [-0.05, 0) is 61.9 Å². The molecule has 8 heteroatoms. The second-order valence-electron chi connectivity index (χ2n) is 9.57. The van der Waals surface area contributed by atoms with Crippen molar-refractivity contribution in [1.29, 1.82) is 0 Å². The predicted octanol–water partition coefficient (Wildman–Crippen LogP) is 5.85. The van der Waals surface area contributed by atoms with Crippen molar-refractivity contribution >= 4 is 44.9 Å². The van der Waals surface area contributed by atoms with Crippen LogP contribution in [0.2, 0.25) is 5.02 Å². The normalized spacial score (nSPS) is 17.2. The molecule has 0 unspecified atom stereocenters. The Balaban J connectivity index is 1.33. The Labute approximate surface area is 216 Å². The van der Waals surface area contributed by atoms with E-state index >= 15 is 0 Å². The molecular weight excluding hydrogens is 480 g/mol. The molecule has 0 saturated carbocycles. The van der Waals surface area contributed by atoms with Crippen molar-refractivity contribution in [3.8, 4) is 5.75 Å². The first-order valence-electron chi connectivity index (χ1n) is 12.8. The number of piperazine rings is 1. The number of aromatic nitrogens is 2. The lowest BCUT2D eigenvalue weighted by Crippen LogP contribution is -2.50. The molecule has 1 aliphatic carbocycles. The van der Waals surface area contributed by atoms with Crippen molar-refractivity contribution in [2.24, 2.45) is 0 Å². The maximum atomic E-state index is 12.8. The van der Waals surface area contributed by atoms with Crippen LogP contribution in [0.1, 0.15) is 61.7 Å². The standard InChI is InChI=1S/C27H33ClN4O2S/c1-3-18(2)25-29-26(24-21-7-5-4-6-8-22(21)35-27(24)30-25)32-15-13-31(14-16-32)23(33)17-34-20-11-9-19(28)10-12-20/h9-12,18H,3-8,13-17H2,1-2H3/t18-/m1/s1. The van der Waals surface area contributed by atoms with Gasteiger partial charge < -0.3 is 14.5 Å². The summed E-state index contributed by atoms with van der Waals surface area (Å²) in [7, 11) is 0. The molecule has 1 fully saturated rings.